The van der Waals surface area contributed by atoms with Crippen molar-refractivity contribution in [1.82, 2.24) is 0 Å². The zero-order chi connectivity index (χ0) is 13.4. The highest BCUT2D eigenvalue weighted by Crippen LogP contribution is 2.13. The van der Waals surface area contributed by atoms with Crippen molar-refractivity contribution in [2.45, 2.75) is 6.92 Å². The molecule has 1 aromatic carbocycles. The number of nitriles is 1. The van der Waals surface area contributed by atoms with Crippen molar-refractivity contribution in [3.63, 3.8) is 0 Å². The van der Waals surface area contributed by atoms with Gasteiger partial charge in [0.25, 0.3) is 0 Å². The first kappa shape index (κ1) is 14.1. The van der Waals surface area contributed by atoms with Gasteiger partial charge in [-0.15, -0.1) is 11.8 Å². The summed E-state index contributed by atoms with van der Waals surface area (Å²) in [7, 11) is 0. The molecule has 94 valence electrons. The van der Waals surface area contributed by atoms with E-state index in [-0.39, 0.29) is 17.6 Å². The number of carbonyl (C=O) groups is 2. The lowest BCUT2D eigenvalue weighted by atomic mass is 10.3. The number of nitrogens with one attached hydrogen (secondary N) is 2. The molecule has 0 spiro atoms. The predicted molar refractivity (Wildman–Crippen MR) is 72.3 cm³/mol. The Morgan fingerprint density at radius 2 is 1.78 bits per heavy atom. The molecule has 0 aromatic heterocycles. The first-order chi connectivity index (χ1) is 8.61. The highest BCUT2D eigenvalue weighted by molar-refractivity contribution is 8.00. The van der Waals surface area contributed by atoms with Crippen LogP contribution in [0.25, 0.3) is 0 Å². The van der Waals surface area contributed by atoms with Gasteiger partial charge in [0.2, 0.25) is 11.8 Å². The molecule has 0 aliphatic carbocycles. The molecule has 0 saturated heterocycles. The van der Waals surface area contributed by atoms with Gasteiger partial charge >= 0.3 is 0 Å². The quantitative estimate of drug-likeness (QED) is 0.794. The topological polar surface area (TPSA) is 82.0 Å². The Bertz CT molecular complexity index is 465. The molecular weight excluding hydrogens is 250 g/mol. The van der Waals surface area contributed by atoms with Crippen LogP contribution in [0.3, 0.4) is 0 Å². The number of nitrogens with zero attached hydrogens (tertiary/aromatic N) is 1. The number of anilines is 2. The first-order valence-electron chi connectivity index (χ1n) is 5.24. The van der Waals surface area contributed by atoms with E-state index in [0.29, 0.717) is 17.1 Å². The summed E-state index contributed by atoms with van der Waals surface area (Å²) in [5.74, 6) is 0.262. The number of carbonyl (C=O) groups excluding carboxylic acids is 2. The van der Waals surface area contributed by atoms with Crippen LogP contribution in [0.5, 0.6) is 0 Å². The number of hydrogen-bond donors (Lipinski definition) is 2. The monoisotopic (exact) mass is 263 g/mol. The van der Waals surface area contributed by atoms with E-state index < -0.39 is 0 Å². The van der Waals surface area contributed by atoms with Gasteiger partial charge in [-0.3, -0.25) is 9.59 Å². The fourth-order valence-corrected chi connectivity index (χ4v) is 1.68. The second-order valence-electron chi connectivity index (χ2n) is 3.46. The van der Waals surface area contributed by atoms with Gasteiger partial charge in [0.1, 0.15) is 0 Å². The summed E-state index contributed by atoms with van der Waals surface area (Å²) in [6.45, 7) is 1.43. The first-order valence-corrected chi connectivity index (χ1v) is 6.39. The Balaban J connectivity index is 2.46. The number of hydrogen-bond acceptors (Lipinski definition) is 4. The molecule has 6 heteroatoms. The molecule has 0 fully saturated rings. The van der Waals surface area contributed by atoms with Crippen molar-refractivity contribution in [3.05, 3.63) is 24.3 Å². The largest absolute Gasteiger partial charge is 0.326 e. The third-order valence-electron chi connectivity index (χ3n) is 1.89. The van der Waals surface area contributed by atoms with Crippen molar-refractivity contribution in [1.29, 1.82) is 5.26 Å². The van der Waals surface area contributed by atoms with Crippen molar-refractivity contribution >= 4 is 35.0 Å². The molecule has 1 aromatic rings. The molecule has 5 nitrogen and oxygen atoms in total. The van der Waals surface area contributed by atoms with Gasteiger partial charge in [-0.25, -0.2) is 0 Å². The summed E-state index contributed by atoms with van der Waals surface area (Å²) in [6, 6.07) is 8.78. The molecule has 1 rings (SSSR count). The van der Waals surface area contributed by atoms with Crippen LogP contribution < -0.4 is 10.6 Å². The smallest absolute Gasteiger partial charge is 0.234 e. The second kappa shape index (κ2) is 7.35. The average molecular weight is 263 g/mol. The van der Waals surface area contributed by atoms with E-state index in [0.717, 1.165) is 0 Å². The van der Waals surface area contributed by atoms with Gasteiger partial charge in [0, 0.05) is 18.3 Å². The van der Waals surface area contributed by atoms with E-state index in [1.807, 2.05) is 6.07 Å². The Morgan fingerprint density at radius 3 is 2.28 bits per heavy atom. The lowest BCUT2D eigenvalue weighted by molar-refractivity contribution is -0.114. The molecule has 0 aliphatic heterocycles. The van der Waals surface area contributed by atoms with Crippen LogP contribution in [0, 0.1) is 11.3 Å². The molecule has 0 saturated carbocycles. The van der Waals surface area contributed by atoms with Gasteiger partial charge < -0.3 is 10.6 Å². The third-order valence-corrected chi connectivity index (χ3v) is 2.69. The van der Waals surface area contributed by atoms with Crippen LogP contribution in [0.1, 0.15) is 6.92 Å². The van der Waals surface area contributed by atoms with Gasteiger partial charge in [-0.05, 0) is 24.3 Å². The van der Waals surface area contributed by atoms with Crippen LogP contribution in [-0.2, 0) is 9.59 Å². The second-order valence-corrected chi connectivity index (χ2v) is 4.44. The summed E-state index contributed by atoms with van der Waals surface area (Å²) >= 11 is 1.26. The summed E-state index contributed by atoms with van der Waals surface area (Å²) < 4.78 is 0. The van der Waals surface area contributed by atoms with Crippen LogP contribution in [0.15, 0.2) is 24.3 Å². The minimum atomic E-state index is -0.150. The molecule has 0 heterocycles. The van der Waals surface area contributed by atoms with E-state index in [2.05, 4.69) is 10.6 Å². The van der Waals surface area contributed by atoms with Crippen LogP contribution in [0.2, 0.25) is 0 Å². The summed E-state index contributed by atoms with van der Waals surface area (Å²) in [5, 5.41) is 13.7. The molecule has 0 atom stereocenters. The van der Waals surface area contributed by atoms with E-state index in [1.165, 1.54) is 18.7 Å². The molecule has 18 heavy (non-hydrogen) atoms. The van der Waals surface area contributed by atoms with Crippen molar-refractivity contribution < 1.29 is 9.59 Å². The van der Waals surface area contributed by atoms with E-state index in [4.69, 9.17) is 5.26 Å². The van der Waals surface area contributed by atoms with Crippen LogP contribution in [0.4, 0.5) is 11.4 Å². The van der Waals surface area contributed by atoms with Gasteiger partial charge in [0.15, 0.2) is 0 Å². The maximum atomic E-state index is 11.4. The highest BCUT2D eigenvalue weighted by Gasteiger charge is 2.02. The van der Waals surface area contributed by atoms with E-state index in [9.17, 15) is 9.59 Å². The van der Waals surface area contributed by atoms with Crippen molar-refractivity contribution in [3.8, 4) is 6.07 Å². The Morgan fingerprint density at radius 1 is 1.22 bits per heavy atom. The fourth-order valence-electron chi connectivity index (χ4n) is 1.23. The van der Waals surface area contributed by atoms with Gasteiger partial charge in [-0.1, -0.05) is 0 Å². The fraction of sp³-hybridized carbons (Fsp3) is 0.250. The normalized spacial score (nSPS) is 9.33. The Hall–Kier alpha value is -2.00. The van der Waals surface area contributed by atoms with E-state index in [1.54, 1.807) is 24.3 Å². The minimum Gasteiger partial charge on any atom is -0.326 e. The zero-order valence-corrected chi connectivity index (χ0v) is 10.7. The Labute approximate surface area is 110 Å². The van der Waals surface area contributed by atoms with Crippen molar-refractivity contribution in [2.24, 2.45) is 0 Å². The number of amides is 2. The molecular formula is C12H13N3O2S. The van der Waals surface area contributed by atoms with Gasteiger partial charge in [0.05, 0.1) is 17.6 Å². The minimum absolute atomic E-state index is 0.139. The zero-order valence-electron chi connectivity index (χ0n) is 9.90. The summed E-state index contributed by atoms with van der Waals surface area (Å²) in [4.78, 5) is 22.3. The average Bonchev–Trinajstić information content (AvgIpc) is 2.31. The van der Waals surface area contributed by atoms with Gasteiger partial charge in [-0.2, -0.15) is 5.26 Å². The third kappa shape index (κ3) is 5.37. The summed E-state index contributed by atoms with van der Waals surface area (Å²) in [6.07, 6.45) is 0. The lowest BCUT2D eigenvalue weighted by Crippen LogP contribution is -2.14. The molecule has 0 aliphatic rings. The summed E-state index contributed by atoms with van der Waals surface area (Å²) in [5.41, 5.74) is 1.34. The molecule has 2 amide bonds. The molecule has 2 N–H and O–H groups in total. The standard InChI is InChI=1S/C12H13N3O2S/c1-9(16)14-10-2-4-11(5-3-10)15-12(17)8-18-7-6-13/h2-5H,7-8H2,1H3,(H,14,16)(H,15,17). The molecule has 0 radical (unpaired) electrons. The lowest BCUT2D eigenvalue weighted by Gasteiger charge is -2.06. The van der Waals surface area contributed by atoms with Crippen molar-refractivity contribution in [2.75, 3.05) is 22.1 Å². The number of thioether (sulfide) groups is 1. The maximum absolute atomic E-state index is 11.4. The number of benzene rings is 1. The number of rotatable bonds is 5. The highest BCUT2D eigenvalue weighted by atomic mass is 32.2. The van der Waals surface area contributed by atoms with Crippen LogP contribution >= 0.6 is 11.8 Å². The molecule has 0 bridgehead atoms. The van der Waals surface area contributed by atoms with E-state index >= 15 is 0 Å². The Kier molecular flexibility index (Phi) is 5.74. The predicted octanol–water partition coefficient (Wildman–Crippen LogP) is 1.84. The molecule has 0 unspecified atom stereocenters. The maximum Gasteiger partial charge on any atom is 0.234 e. The SMILES string of the molecule is CC(=O)Nc1ccc(NC(=O)CSCC#N)cc1. The van der Waals surface area contributed by atoms with Crippen LogP contribution in [-0.4, -0.2) is 23.3 Å².